The minimum Gasteiger partial charge on any atom is -0.379 e. The molecule has 0 aromatic heterocycles. The molecule has 0 spiro atoms. The lowest BCUT2D eigenvalue weighted by Crippen LogP contribution is -2.38. The van der Waals surface area contributed by atoms with E-state index in [0.29, 0.717) is 17.8 Å². The van der Waals surface area contributed by atoms with Crippen LogP contribution in [-0.4, -0.2) is 56.1 Å². The summed E-state index contributed by atoms with van der Waals surface area (Å²) in [4.78, 5) is 29.6. The van der Waals surface area contributed by atoms with E-state index < -0.39 is 0 Å². The first kappa shape index (κ1) is 27.2. The number of nitrogens with one attached hydrogen (secondary N) is 1. The predicted octanol–water partition coefficient (Wildman–Crippen LogP) is 4.45. The Morgan fingerprint density at radius 1 is 0.947 bits per heavy atom. The van der Waals surface area contributed by atoms with Crippen molar-refractivity contribution in [2.24, 2.45) is 0 Å². The summed E-state index contributed by atoms with van der Waals surface area (Å²) in [6.07, 6.45) is 4.45. The monoisotopic (exact) mass is 515 g/mol. The lowest BCUT2D eigenvalue weighted by Gasteiger charge is -2.26. The Balaban J connectivity index is 1.36. The number of amides is 2. The Morgan fingerprint density at radius 2 is 1.71 bits per heavy atom. The van der Waals surface area contributed by atoms with E-state index in [2.05, 4.69) is 10.2 Å². The molecule has 38 heavy (non-hydrogen) atoms. The number of anilines is 1. The average Bonchev–Trinajstić information content (AvgIpc) is 2.94. The van der Waals surface area contributed by atoms with Crippen molar-refractivity contribution in [3.05, 3.63) is 107 Å². The molecule has 1 aliphatic heterocycles. The zero-order valence-electron chi connectivity index (χ0n) is 21.5. The van der Waals surface area contributed by atoms with Gasteiger partial charge in [0.15, 0.2) is 0 Å². The van der Waals surface area contributed by atoms with Crippen molar-refractivity contribution in [1.29, 1.82) is 0 Å². The van der Waals surface area contributed by atoms with Gasteiger partial charge in [0.2, 0.25) is 5.91 Å². The van der Waals surface area contributed by atoms with Gasteiger partial charge in [-0.3, -0.25) is 14.5 Å². The minimum absolute atomic E-state index is 0.0294. The third-order valence-corrected chi connectivity index (χ3v) is 6.40. The number of rotatable bonds is 11. The van der Waals surface area contributed by atoms with Gasteiger partial charge in [-0.15, -0.1) is 0 Å². The summed E-state index contributed by atoms with van der Waals surface area (Å²) >= 11 is 0. The van der Waals surface area contributed by atoms with Gasteiger partial charge >= 0.3 is 0 Å². The van der Waals surface area contributed by atoms with E-state index in [0.717, 1.165) is 50.4 Å². The van der Waals surface area contributed by atoms with Gasteiger partial charge in [0.05, 0.1) is 26.2 Å². The molecular weight excluding hydrogens is 481 g/mol. The normalized spacial score (nSPS) is 13.9. The van der Waals surface area contributed by atoms with Crippen LogP contribution in [0.5, 0.6) is 0 Å². The second-order valence-electron chi connectivity index (χ2n) is 9.30. The van der Waals surface area contributed by atoms with E-state index in [1.54, 1.807) is 23.1 Å². The molecule has 1 N–H and O–H groups in total. The van der Waals surface area contributed by atoms with Crippen LogP contribution in [0.1, 0.15) is 23.1 Å². The second-order valence-corrected chi connectivity index (χ2v) is 9.30. The molecule has 0 unspecified atom stereocenters. The highest BCUT2D eigenvalue weighted by Gasteiger charge is 2.15. The molecule has 1 fully saturated rings. The zero-order valence-corrected chi connectivity index (χ0v) is 21.5. The highest BCUT2D eigenvalue weighted by molar-refractivity contribution is 6.03. The van der Waals surface area contributed by atoms with Crippen LogP contribution in [0.2, 0.25) is 0 Å². The first-order valence-electron chi connectivity index (χ1n) is 13.0. The van der Waals surface area contributed by atoms with Crippen LogP contribution >= 0.6 is 0 Å². The van der Waals surface area contributed by atoms with Crippen LogP contribution in [0.25, 0.3) is 6.08 Å². The highest BCUT2D eigenvalue weighted by Crippen LogP contribution is 2.20. The topological polar surface area (TPSA) is 61.9 Å². The molecule has 1 saturated heterocycles. The summed E-state index contributed by atoms with van der Waals surface area (Å²) in [5.74, 6) is -0.594. The van der Waals surface area contributed by atoms with E-state index in [1.165, 1.54) is 18.2 Å². The van der Waals surface area contributed by atoms with Gasteiger partial charge < -0.3 is 15.0 Å². The second kappa shape index (κ2) is 14.2. The van der Waals surface area contributed by atoms with Crippen molar-refractivity contribution < 1.29 is 18.7 Å². The Labute approximate surface area is 223 Å². The molecule has 3 aromatic carbocycles. The van der Waals surface area contributed by atoms with Crippen molar-refractivity contribution in [3.63, 3.8) is 0 Å². The third-order valence-electron chi connectivity index (χ3n) is 6.40. The van der Waals surface area contributed by atoms with Crippen molar-refractivity contribution in [1.82, 2.24) is 10.2 Å². The molecule has 0 saturated carbocycles. The average molecular weight is 516 g/mol. The van der Waals surface area contributed by atoms with Gasteiger partial charge in [0, 0.05) is 31.4 Å². The molecule has 2 amide bonds. The molecule has 0 aliphatic carbocycles. The molecular formula is C31H34FN3O3. The Morgan fingerprint density at radius 3 is 2.45 bits per heavy atom. The first-order chi connectivity index (χ1) is 18.6. The first-order valence-corrected chi connectivity index (χ1v) is 13.0. The third kappa shape index (κ3) is 8.64. The maximum atomic E-state index is 13.8. The lowest BCUT2D eigenvalue weighted by molar-refractivity contribution is -0.120. The molecule has 0 atom stereocenters. The molecule has 198 valence electrons. The molecule has 3 aromatic rings. The maximum absolute atomic E-state index is 13.8. The Kier molecular flexibility index (Phi) is 10.2. The summed E-state index contributed by atoms with van der Waals surface area (Å²) in [7, 11) is 0. The van der Waals surface area contributed by atoms with Crippen molar-refractivity contribution in [2.45, 2.75) is 19.4 Å². The van der Waals surface area contributed by atoms with Crippen LogP contribution in [0, 0.1) is 5.82 Å². The fraction of sp³-hybridized carbons (Fsp3) is 0.290. The number of hydrogen-bond donors (Lipinski definition) is 1. The number of halogens is 1. The van der Waals surface area contributed by atoms with E-state index in [-0.39, 0.29) is 30.6 Å². The van der Waals surface area contributed by atoms with E-state index in [4.69, 9.17) is 4.74 Å². The molecule has 1 aliphatic rings. The Hall–Kier alpha value is -3.81. The van der Waals surface area contributed by atoms with Crippen LogP contribution in [0.15, 0.2) is 84.9 Å². The number of ether oxygens (including phenoxy) is 1. The molecule has 1 heterocycles. The van der Waals surface area contributed by atoms with Crippen LogP contribution in [-0.2, 0) is 27.3 Å². The fourth-order valence-corrected chi connectivity index (χ4v) is 4.33. The summed E-state index contributed by atoms with van der Waals surface area (Å²) in [5, 5.41) is 2.99. The highest BCUT2D eigenvalue weighted by atomic mass is 19.1. The largest absolute Gasteiger partial charge is 0.379 e. The van der Waals surface area contributed by atoms with Gasteiger partial charge in [-0.05, 0) is 60.0 Å². The van der Waals surface area contributed by atoms with E-state index in [9.17, 15) is 14.0 Å². The van der Waals surface area contributed by atoms with Gasteiger partial charge in [-0.2, -0.15) is 0 Å². The predicted molar refractivity (Wildman–Crippen MR) is 148 cm³/mol. The summed E-state index contributed by atoms with van der Waals surface area (Å²) in [6, 6.07) is 23.2. The number of carbonyl (C=O) groups is 2. The standard InChI is InChI=1S/C31H34FN3O3/c32-28-9-4-8-27(22-28)24-35(31(37)15-12-25-6-2-1-3-7-25)29-13-10-26(11-14-29)23-30(36)33-16-5-17-34-18-20-38-21-19-34/h1-4,6-15,22H,5,16-21,23-24H2,(H,33,36). The molecule has 0 bridgehead atoms. The lowest BCUT2D eigenvalue weighted by atomic mass is 10.1. The zero-order chi connectivity index (χ0) is 26.6. The van der Waals surface area contributed by atoms with E-state index in [1.807, 2.05) is 54.6 Å². The van der Waals surface area contributed by atoms with Gasteiger partial charge in [-0.25, -0.2) is 4.39 Å². The fourth-order valence-electron chi connectivity index (χ4n) is 4.33. The minimum atomic E-state index is -0.346. The molecule has 7 heteroatoms. The number of nitrogens with zero attached hydrogens (tertiary/aromatic N) is 2. The summed E-state index contributed by atoms with van der Waals surface area (Å²) in [5.41, 5.74) is 3.13. The van der Waals surface area contributed by atoms with Crippen molar-refractivity contribution in [3.8, 4) is 0 Å². The molecule has 4 rings (SSSR count). The SMILES string of the molecule is O=C(Cc1ccc(N(Cc2cccc(F)c2)C(=O)C=Cc2ccccc2)cc1)NCCCN1CCOCC1. The quantitative estimate of drug-likeness (QED) is 0.303. The number of carbonyl (C=O) groups excluding carboxylic acids is 2. The van der Waals surface area contributed by atoms with Crippen molar-refractivity contribution >= 4 is 23.6 Å². The smallest absolute Gasteiger partial charge is 0.251 e. The number of benzene rings is 3. The Bertz CT molecular complexity index is 1210. The summed E-state index contributed by atoms with van der Waals surface area (Å²) < 4.78 is 19.2. The summed E-state index contributed by atoms with van der Waals surface area (Å²) in [6.45, 7) is 5.25. The van der Waals surface area contributed by atoms with Crippen LogP contribution in [0.3, 0.4) is 0 Å². The number of morpholine rings is 1. The molecule has 6 nitrogen and oxygen atoms in total. The van der Waals surface area contributed by atoms with Gasteiger partial charge in [0.25, 0.3) is 5.91 Å². The molecule has 0 radical (unpaired) electrons. The number of hydrogen-bond acceptors (Lipinski definition) is 4. The van der Waals surface area contributed by atoms with Gasteiger partial charge in [-0.1, -0.05) is 54.6 Å². The van der Waals surface area contributed by atoms with E-state index >= 15 is 0 Å². The van der Waals surface area contributed by atoms with Gasteiger partial charge in [0.1, 0.15) is 5.82 Å². The van der Waals surface area contributed by atoms with Crippen LogP contribution in [0.4, 0.5) is 10.1 Å². The van der Waals surface area contributed by atoms with Crippen LogP contribution < -0.4 is 10.2 Å². The maximum Gasteiger partial charge on any atom is 0.251 e. The van der Waals surface area contributed by atoms with Crippen molar-refractivity contribution in [2.75, 3.05) is 44.3 Å².